The first kappa shape index (κ1) is 16.2. The van der Waals surface area contributed by atoms with Crippen LogP contribution in [-0.2, 0) is 4.79 Å². The Kier molecular flexibility index (Phi) is 5.75. The van der Waals surface area contributed by atoms with Crippen molar-refractivity contribution in [3.05, 3.63) is 21.7 Å². The summed E-state index contributed by atoms with van der Waals surface area (Å²) >= 11 is 0.940. The molecule has 110 valence electrons. The first-order valence-corrected chi connectivity index (χ1v) is 7.10. The summed E-state index contributed by atoms with van der Waals surface area (Å²) < 4.78 is 0. The van der Waals surface area contributed by atoms with E-state index in [9.17, 15) is 14.4 Å². The fourth-order valence-corrected chi connectivity index (χ4v) is 2.35. The fraction of sp³-hybridized carbons (Fsp3) is 0.500. The number of aromatic carboxylic acids is 1. The molecule has 0 aliphatic carbocycles. The van der Waals surface area contributed by atoms with Crippen LogP contribution in [0.1, 0.15) is 36.3 Å². The lowest BCUT2D eigenvalue weighted by atomic mass is 10.2. The van der Waals surface area contributed by atoms with Crippen molar-refractivity contribution in [1.82, 2.24) is 15.3 Å². The van der Waals surface area contributed by atoms with Gasteiger partial charge in [-0.15, -0.1) is 0 Å². The average molecular weight is 299 g/mol. The van der Waals surface area contributed by atoms with Gasteiger partial charge in [0, 0.05) is 11.7 Å². The Bertz CT molecular complexity index is 570. The number of rotatable bonds is 6. The largest absolute Gasteiger partial charge is 0.478 e. The number of carboxylic acid groups (broad SMARTS) is 1. The fourth-order valence-electron chi connectivity index (χ4n) is 1.47. The van der Waals surface area contributed by atoms with Crippen LogP contribution >= 0.6 is 11.8 Å². The molecule has 0 saturated heterocycles. The molecular formula is C12H17N3O4S. The standard InChI is InChI=1S/C12H17N3O4S/c1-4-6(2)13-8(16)5-20-10-9(11(17)18)7(3)14-12(19)15-10/h6H,4-5H2,1-3H3,(H,13,16)(H,17,18)(H,14,15,19). The van der Waals surface area contributed by atoms with E-state index in [1.165, 1.54) is 6.92 Å². The van der Waals surface area contributed by atoms with Gasteiger partial charge in [-0.3, -0.25) is 4.79 Å². The van der Waals surface area contributed by atoms with Crippen LogP contribution in [0.15, 0.2) is 9.82 Å². The summed E-state index contributed by atoms with van der Waals surface area (Å²) in [6, 6.07) is 0.0518. The highest BCUT2D eigenvalue weighted by atomic mass is 32.2. The van der Waals surface area contributed by atoms with E-state index in [0.29, 0.717) is 0 Å². The lowest BCUT2D eigenvalue weighted by molar-refractivity contribution is -0.119. The van der Waals surface area contributed by atoms with E-state index in [-0.39, 0.29) is 34.0 Å². The van der Waals surface area contributed by atoms with Gasteiger partial charge in [0.25, 0.3) is 0 Å². The van der Waals surface area contributed by atoms with E-state index in [2.05, 4.69) is 15.3 Å². The van der Waals surface area contributed by atoms with Crippen LogP contribution in [0.25, 0.3) is 0 Å². The monoisotopic (exact) mass is 299 g/mol. The van der Waals surface area contributed by atoms with E-state index in [0.717, 1.165) is 18.2 Å². The van der Waals surface area contributed by atoms with Gasteiger partial charge in [-0.1, -0.05) is 18.7 Å². The molecule has 1 heterocycles. The third kappa shape index (κ3) is 4.37. The lowest BCUT2D eigenvalue weighted by Gasteiger charge is -2.11. The summed E-state index contributed by atoms with van der Waals surface area (Å²) in [7, 11) is 0. The number of carbonyl (C=O) groups excluding carboxylic acids is 1. The summed E-state index contributed by atoms with van der Waals surface area (Å²) in [6.45, 7) is 5.30. The molecule has 1 atom stereocenters. The Labute approximate surface area is 120 Å². The molecule has 8 heteroatoms. The number of nitrogens with zero attached hydrogens (tertiary/aromatic N) is 1. The van der Waals surface area contributed by atoms with Gasteiger partial charge in [0.2, 0.25) is 5.91 Å². The van der Waals surface area contributed by atoms with Crippen molar-refractivity contribution in [3.63, 3.8) is 0 Å². The maximum absolute atomic E-state index is 11.6. The molecule has 0 aromatic carbocycles. The number of thioether (sulfide) groups is 1. The Morgan fingerprint density at radius 2 is 2.15 bits per heavy atom. The van der Waals surface area contributed by atoms with E-state index >= 15 is 0 Å². The second-order valence-electron chi connectivity index (χ2n) is 4.32. The Morgan fingerprint density at radius 3 is 2.70 bits per heavy atom. The van der Waals surface area contributed by atoms with Crippen LogP contribution < -0.4 is 11.0 Å². The van der Waals surface area contributed by atoms with Crippen molar-refractivity contribution in [1.29, 1.82) is 0 Å². The molecule has 20 heavy (non-hydrogen) atoms. The second kappa shape index (κ2) is 7.09. The second-order valence-corrected chi connectivity index (χ2v) is 5.28. The van der Waals surface area contributed by atoms with Gasteiger partial charge in [0.1, 0.15) is 10.6 Å². The Morgan fingerprint density at radius 1 is 1.50 bits per heavy atom. The molecule has 1 amide bonds. The van der Waals surface area contributed by atoms with Gasteiger partial charge in [-0.25, -0.2) is 9.59 Å². The number of aromatic amines is 1. The zero-order valence-electron chi connectivity index (χ0n) is 11.5. The predicted molar refractivity (Wildman–Crippen MR) is 75.2 cm³/mol. The molecule has 0 bridgehead atoms. The molecule has 1 rings (SSSR count). The molecule has 3 N–H and O–H groups in total. The van der Waals surface area contributed by atoms with Crippen LogP contribution in [0.4, 0.5) is 0 Å². The molecule has 0 aliphatic heterocycles. The van der Waals surface area contributed by atoms with Gasteiger partial charge in [-0.05, 0) is 20.3 Å². The van der Waals surface area contributed by atoms with Crippen molar-refractivity contribution in [2.24, 2.45) is 0 Å². The minimum atomic E-state index is -1.18. The SMILES string of the molecule is CCC(C)NC(=O)CSc1nc(=O)[nH]c(C)c1C(=O)O. The first-order valence-electron chi connectivity index (χ1n) is 6.11. The van der Waals surface area contributed by atoms with Crippen LogP contribution in [-0.4, -0.2) is 38.7 Å². The van der Waals surface area contributed by atoms with Crippen molar-refractivity contribution in [2.75, 3.05) is 5.75 Å². The Balaban J connectivity index is 2.85. The third-order valence-corrected chi connectivity index (χ3v) is 3.64. The summed E-state index contributed by atoms with van der Waals surface area (Å²) in [6.07, 6.45) is 0.805. The number of hydrogen-bond donors (Lipinski definition) is 3. The molecule has 1 aromatic rings. The average Bonchev–Trinajstić information content (AvgIpc) is 2.34. The summed E-state index contributed by atoms with van der Waals surface area (Å²) in [5.41, 5.74) is -0.481. The molecule has 1 unspecified atom stereocenters. The topological polar surface area (TPSA) is 112 Å². The maximum Gasteiger partial charge on any atom is 0.346 e. The minimum Gasteiger partial charge on any atom is -0.478 e. The zero-order chi connectivity index (χ0) is 15.3. The van der Waals surface area contributed by atoms with Crippen molar-refractivity contribution < 1.29 is 14.7 Å². The van der Waals surface area contributed by atoms with Crippen molar-refractivity contribution in [2.45, 2.75) is 38.3 Å². The van der Waals surface area contributed by atoms with Gasteiger partial charge in [0.05, 0.1) is 5.75 Å². The maximum atomic E-state index is 11.6. The summed E-state index contributed by atoms with van der Waals surface area (Å²) in [5, 5.41) is 11.9. The molecule has 0 spiro atoms. The number of aromatic nitrogens is 2. The zero-order valence-corrected chi connectivity index (χ0v) is 12.3. The third-order valence-electron chi connectivity index (χ3n) is 2.66. The van der Waals surface area contributed by atoms with Crippen LogP contribution in [0.2, 0.25) is 0 Å². The molecule has 0 radical (unpaired) electrons. The van der Waals surface area contributed by atoms with Crippen molar-refractivity contribution >= 4 is 23.6 Å². The molecule has 1 aromatic heterocycles. The van der Waals surface area contributed by atoms with Gasteiger partial charge in [0.15, 0.2) is 0 Å². The Hall–Kier alpha value is -1.83. The molecule has 7 nitrogen and oxygen atoms in total. The quantitative estimate of drug-likeness (QED) is 0.528. The highest BCUT2D eigenvalue weighted by Crippen LogP contribution is 2.20. The number of hydrogen-bond acceptors (Lipinski definition) is 5. The normalized spacial score (nSPS) is 11.9. The lowest BCUT2D eigenvalue weighted by Crippen LogP contribution is -2.33. The first-order chi connectivity index (χ1) is 9.35. The summed E-state index contributed by atoms with van der Waals surface area (Å²) in [5.74, 6) is -1.39. The minimum absolute atomic E-state index is 0.0144. The van der Waals surface area contributed by atoms with Gasteiger partial charge < -0.3 is 15.4 Å². The number of aryl methyl sites for hydroxylation is 1. The predicted octanol–water partition coefficient (Wildman–Crippen LogP) is 0.783. The smallest absolute Gasteiger partial charge is 0.346 e. The molecule has 0 aliphatic rings. The van der Waals surface area contributed by atoms with E-state index in [1.54, 1.807) is 0 Å². The number of carbonyl (C=O) groups is 2. The van der Waals surface area contributed by atoms with E-state index in [1.807, 2.05) is 13.8 Å². The highest BCUT2D eigenvalue weighted by Gasteiger charge is 2.18. The molecular weight excluding hydrogens is 282 g/mol. The summed E-state index contributed by atoms with van der Waals surface area (Å²) in [4.78, 5) is 40.0. The van der Waals surface area contributed by atoms with Crippen molar-refractivity contribution in [3.8, 4) is 0 Å². The van der Waals surface area contributed by atoms with Crippen LogP contribution in [0, 0.1) is 6.92 Å². The highest BCUT2D eigenvalue weighted by molar-refractivity contribution is 8.00. The number of H-pyrrole nitrogens is 1. The van der Waals surface area contributed by atoms with E-state index in [4.69, 9.17) is 5.11 Å². The number of nitrogens with one attached hydrogen (secondary N) is 2. The molecule has 0 fully saturated rings. The van der Waals surface area contributed by atoms with Crippen LogP contribution in [0.3, 0.4) is 0 Å². The van der Waals surface area contributed by atoms with E-state index < -0.39 is 11.7 Å². The molecule has 0 saturated carbocycles. The van der Waals surface area contributed by atoms with Gasteiger partial charge in [-0.2, -0.15) is 4.98 Å². The number of amides is 1. The number of carboxylic acids is 1. The van der Waals surface area contributed by atoms with Gasteiger partial charge >= 0.3 is 11.7 Å². The van der Waals surface area contributed by atoms with Crippen LogP contribution in [0.5, 0.6) is 0 Å².